The average Bonchev–Trinajstić information content (AvgIpc) is 3.83. The first-order valence-corrected chi connectivity index (χ1v) is 16.9. The normalized spacial score (nSPS) is 18.5. The highest BCUT2D eigenvalue weighted by atomic mass is 32.2. The Morgan fingerprint density at radius 2 is 2.04 bits per heavy atom. The van der Waals surface area contributed by atoms with Gasteiger partial charge in [-0.1, -0.05) is 0 Å². The molecule has 2 unspecified atom stereocenters. The van der Waals surface area contributed by atoms with Crippen LogP contribution in [0.2, 0.25) is 0 Å². The first-order valence-electron chi connectivity index (χ1n) is 14.6. The minimum Gasteiger partial charge on any atom is -0.453 e. The summed E-state index contributed by atoms with van der Waals surface area (Å²) in [6.45, 7) is 2.60. The molecular formula is C27H32N12O6S2. The molecular weight excluding hydrogens is 653 g/mol. The number of sulfonamides is 1. The van der Waals surface area contributed by atoms with Gasteiger partial charge in [0.05, 0.1) is 25.4 Å². The van der Waals surface area contributed by atoms with Gasteiger partial charge in [0.2, 0.25) is 5.91 Å². The third-order valence-corrected chi connectivity index (χ3v) is 10.8. The van der Waals surface area contributed by atoms with Crippen LogP contribution in [-0.4, -0.2) is 111 Å². The number of hydrogen-bond donors (Lipinski definition) is 6. The monoisotopic (exact) mass is 684 g/mol. The highest BCUT2D eigenvalue weighted by molar-refractivity contribution is 7.89. The first-order chi connectivity index (χ1) is 22.5. The van der Waals surface area contributed by atoms with Crippen LogP contribution in [0.1, 0.15) is 45.1 Å². The topological polar surface area (TPSA) is 244 Å². The molecule has 1 fully saturated rings. The zero-order chi connectivity index (χ0) is 33.3. The van der Waals surface area contributed by atoms with E-state index in [2.05, 4.69) is 51.3 Å². The number of tetrazole rings is 1. The number of rotatable bonds is 8. The van der Waals surface area contributed by atoms with Crippen molar-refractivity contribution in [2.45, 2.75) is 50.0 Å². The van der Waals surface area contributed by atoms with Gasteiger partial charge in [0.25, 0.3) is 15.9 Å². The molecule has 20 heteroatoms. The van der Waals surface area contributed by atoms with Crippen LogP contribution >= 0.6 is 11.3 Å². The summed E-state index contributed by atoms with van der Waals surface area (Å²) in [7, 11) is -2.92. The minimum atomic E-state index is -4.11. The lowest BCUT2D eigenvalue weighted by molar-refractivity contribution is -0.122. The van der Waals surface area contributed by atoms with E-state index >= 15 is 0 Å². The van der Waals surface area contributed by atoms with Crippen molar-refractivity contribution in [1.82, 2.24) is 55.7 Å². The molecule has 4 aromatic rings. The summed E-state index contributed by atoms with van der Waals surface area (Å²) in [5.41, 5.74) is 1.72. The number of alkyl carbamates (subject to hydrolysis) is 1. The minimum absolute atomic E-state index is 0.00604. The van der Waals surface area contributed by atoms with Crippen molar-refractivity contribution in [2.24, 2.45) is 0 Å². The van der Waals surface area contributed by atoms with Crippen LogP contribution in [0.4, 0.5) is 4.79 Å². The molecule has 0 radical (unpaired) electrons. The number of methoxy groups -OCH3 is 1. The standard InChI is InChI=1S/C27H32N12O6S2/c1-14-7-19-20(11-29-14)46-25(32-19)26(41)39-6-5-38(13-17(39)10-22(40)30-12-21-34-36-37-35-21)47(43,44)23-9-16-8-15(3-4-18(16)31-23)24(28)33-27(42)45-2/h3-4,8-9,14,17,29,31H,5-7,10-13H2,1-2H3,(H,30,40)(H2,28,33,42)(H,34,35,36,37). The SMILES string of the molecule is COC(=O)NC(=N)c1ccc2[nH]c(S(=O)(=O)N3CCN(C(=O)c4nc5c(s4)CNC(C)C5)C(CC(=O)NCc4nnn[nH]4)C3)cc2c1. The second-order valence-electron chi connectivity index (χ2n) is 11.1. The number of aromatic nitrogens is 6. The first kappa shape index (κ1) is 32.2. The number of thiazole rings is 1. The summed E-state index contributed by atoms with van der Waals surface area (Å²) < 4.78 is 33.6. The van der Waals surface area contributed by atoms with Crippen molar-refractivity contribution >= 4 is 56.0 Å². The van der Waals surface area contributed by atoms with E-state index in [1.807, 2.05) is 6.92 Å². The molecule has 0 bridgehead atoms. The number of amidine groups is 1. The second kappa shape index (κ2) is 13.1. The Morgan fingerprint density at radius 1 is 1.21 bits per heavy atom. The molecule has 0 spiro atoms. The third kappa shape index (κ3) is 6.84. The van der Waals surface area contributed by atoms with Gasteiger partial charge in [-0.05, 0) is 41.6 Å². The molecule has 0 aliphatic carbocycles. The van der Waals surface area contributed by atoms with Crippen LogP contribution in [0.25, 0.3) is 10.9 Å². The van der Waals surface area contributed by atoms with Gasteiger partial charge in [0, 0.05) is 66.4 Å². The molecule has 2 atom stereocenters. The van der Waals surface area contributed by atoms with E-state index in [4.69, 9.17) is 5.41 Å². The molecule has 5 heterocycles. The van der Waals surface area contributed by atoms with Gasteiger partial charge in [-0.25, -0.2) is 23.3 Å². The Morgan fingerprint density at radius 3 is 2.81 bits per heavy atom. The van der Waals surface area contributed by atoms with Gasteiger partial charge in [0.1, 0.15) is 10.9 Å². The summed E-state index contributed by atoms with van der Waals surface area (Å²) in [6, 6.07) is 5.62. The van der Waals surface area contributed by atoms with Gasteiger partial charge in [-0.15, -0.1) is 16.4 Å². The summed E-state index contributed by atoms with van der Waals surface area (Å²) in [6.07, 6.45) is -0.277. The van der Waals surface area contributed by atoms with Crippen molar-refractivity contribution in [1.29, 1.82) is 5.41 Å². The van der Waals surface area contributed by atoms with Crippen LogP contribution in [-0.2, 0) is 39.1 Å². The largest absolute Gasteiger partial charge is 0.453 e. The molecule has 18 nitrogen and oxygen atoms in total. The Hall–Kier alpha value is -4.79. The number of nitrogens with one attached hydrogen (secondary N) is 6. The zero-order valence-corrected chi connectivity index (χ0v) is 27.0. The fourth-order valence-electron chi connectivity index (χ4n) is 5.50. The quantitative estimate of drug-likeness (QED) is 0.107. The molecule has 3 aromatic heterocycles. The van der Waals surface area contributed by atoms with E-state index in [1.165, 1.54) is 33.7 Å². The van der Waals surface area contributed by atoms with Gasteiger partial charge in [-0.3, -0.25) is 20.3 Å². The number of carbonyl (C=O) groups excluding carboxylic acids is 3. The van der Waals surface area contributed by atoms with Crippen molar-refractivity contribution < 1.29 is 27.5 Å². The van der Waals surface area contributed by atoms with Crippen LogP contribution in [0, 0.1) is 5.41 Å². The second-order valence-corrected chi connectivity index (χ2v) is 14.1. The maximum atomic E-state index is 13.9. The number of carbonyl (C=O) groups is 3. The lowest BCUT2D eigenvalue weighted by atomic mass is 10.1. The van der Waals surface area contributed by atoms with Crippen molar-refractivity contribution in [3.05, 3.63) is 51.2 Å². The number of amides is 3. The van der Waals surface area contributed by atoms with Crippen LogP contribution in [0.15, 0.2) is 29.3 Å². The van der Waals surface area contributed by atoms with E-state index in [-0.39, 0.29) is 55.4 Å². The van der Waals surface area contributed by atoms with Crippen LogP contribution in [0.3, 0.4) is 0 Å². The van der Waals surface area contributed by atoms with Crippen molar-refractivity contribution in [3.8, 4) is 0 Å². The Kier molecular flexibility index (Phi) is 8.99. The summed E-state index contributed by atoms with van der Waals surface area (Å²) in [4.78, 5) is 48.4. The Bertz CT molecular complexity index is 1940. The number of piperazine rings is 1. The van der Waals surface area contributed by atoms with E-state index in [0.29, 0.717) is 40.3 Å². The fourth-order valence-corrected chi connectivity index (χ4v) is 7.98. The van der Waals surface area contributed by atoms with Gasteiger partial charge in [0.15, 0.2) is 10.8 Å². The molecule has 2 aliphatic rings. The zero-order valence-electron chi connectivity index (χ0n) is 25.4. The number of aromatic amines is 2. The number of benzene rings is 1. The molecule has 0 saturated carbocycles. The lowest BCUT2D eigenvalue weighted by Gasteiger charge is -2.40. The Balaban J connectivity index is 1.23. The van der Waals surface area contributed by atoms with E-state index < -0.39 is 28.1 Å². The number of nitrogens with zero attached hydrogens (tertiary/aromatic N) is 6. The molecule has 47 heavy (non-hydrogen) atoms. The highest BCUT2D eigenvalue weighted by Crippen LogP contribution is 2.29. The molecule has 1 saturated heterocycles. The number of H-pyrrole nitrogens is 2. The van der Waals surface area contributed by atoms with E-state index in [9.17, 15) is 22.8 Å². The molecule has 6 rings (SSSR count). The smallest absolute Gasteiger partial charge is 0.412 e. The van der Waals surface area contributed by atoms with Crippen LogP contribution in [0.5, 0.6) is 0 Å². The van der Waals surface area contributed by atoms with Gasteiger partial charge >= 0.3 is 6.09 Å². The average molecular weight is 685 g/mol. The third-order valence-electron chi connectivity index (χ3n) is 7.96. The maximum Gasteiger partial charge on any atom is 0.412 e. The highest BCUT2D eigenvalue weighted by Gasteiger charge is 2.39. The van der Waals surface area contributed by atoms with Gasteiger partial charge in [-0.2, -0.15) is 4.31 Å². The van der Waals surface area contributed by atoms with Crippen molar-refractivity contribution in [3.63, 3.8) is 0 Å². The fraction of sp³-hybridized carbons (Fsp3) is 0.407. The molecule has 1 aromatic carbocycles. The lowest BCUT2D eigenvalue weighted by Crippen LogP contribution is -2.57. The Labute approximate surface area is 272 Å². The van der Waals surface area contributed by atoms with Crippen LogP contribution < -0.4 is 16.0 Å². The summed E-state index contributed by atoms with van der Waals surface area (Å²) in [5, 5.41) is 30.4. The summed E-state index contributed by atoms with van der Waals surface area (Å²) >= 11 is 1.31. The number of hydrogen-bond acceptors (Lipinski definition) is 13. The summed E-state index contributed by atoms with van der Waals surface area (Å²) in [5.74, 6) is -0.639. The predicted octanol–water partition coefficient (Wildman–Crippen LogP) is 0.0749. The number of fused-ring (bicyclic) bond motifs is 2. The van der Waals surface area contributed by atoms with E-state index in [0.717, 1.165) is 10.6 Å². The van der Waals surface area contributed by atoms with E-state index in [1.54, 1.807) is 18.2 Å². The molecule has 6 N–H and O–H groups in total. The molecule has 3 amide bonds. The predicted molar refractivity (Wildman–Crippen MR) is 167 cm³/mol. The maximum absolute atomic E-state index is 13.9. The number of ether oxygens (including phenoxy) is 1. The molecule has 2 aliphatic heterocycles. The molecule has 248 valence electrons. The van der Waals surface area contributed by atoms with Crippen molar-refractivity contribution in [2.75, 3.05) is 26.7 Å². The van der Waals surface area contributed by atoms with Gasteiger partial charge < -0.3 is 25.3 Å².